The fourth-order valence-electron chi connectivity index (χ4n) is 6.08. The van der Waals surface area contributed by atoms with Gasteiger partial charge in [0.05, 0.1) is 12.7 Å². The molecule has 0 radical (unpaired) electrons. The number of piperidine rings is 1. The molecule has 5 unspecified atom stereocenters. The Balaban J connectivity index is 1.59. The van der Waals surface area contributed by atoms with Gasteiger partial charge < -0.3 is 10.2 Å². The molecule has 5 atom stereocenters. The first-order valence-corrected chi connectivity index (χ1v) is 11.6. The van der Waals surface area contributed by atoms with Gasteiger partial charge in [0.2, 0.25) is 0 Å². The van der Waals surface area contributed by atoms with E-state index >= 15 is 0 Å². The maximum atomic E-state index is 9.74. The number of rotatable bonds is 11. The van der Waals surface area contributed by atoms with E-state index in [4.69, 9.17) is 0 Å². The number of unbranched alkanes of at least 4 members (excludes halogenated alkanes) is 4. The lowest BCUT2D eigenvalue weighted by atomic mass is 9.71. The lowest BCUT2D eigenvalue weighted by Gasteiger charge is -2.37. The van der Waals surface area contributed by atoms with E-state index in [9.17, 15) is 10.2 Å². The molecule has 2 aliphatic rings. The predicted molar refractivity (Wildman–Crippen MR) is 110 cm³/mol. The van der Waals surface area contributed by atoms with Gasteiger partial charge in [-0.3, -0.25) is 4.90 Å². The topological polar surface area (TPSA) is 43.7 Å². The Kier molecular flexibility index (Phi) is 9.40. The average molecular weight is 368 g/mol. The Morgan fingerprint density at radius 3 is 2.46 bits per heavy atom. The molecule has 0 aromatic rings. The summed E-state index contributed by atoms with van der Waals surface area (Å²) in [6.07, 6.45) is 15.2. The Labute approximate surface area is 162 Å². The Morgan fingerprint density at radius 2 is 1.77 bits per heavy atom. The van der Waals surface area contributed by atoms with Gasteiger partial charge in [-0.1, -0.05) is 59.3 Å². The van der Waals surface area contributed by atoms with Crippen molar-refractivity contribution in [2.24, 2.45) is 17.3 Å². The summed E-state index contributed by atoms with van der Waals surface area (Å²) >= 11 is 0. The first kappa shape index (κ1) is 22.2. The highest BCUT2D eigenvalue weighted by Crippen LogP contribution is 2.53. The number of hydrogen-bond donors (Lipinski definition) is 2. The maximum absolute atomic E-state index is 9.74. The minimum absolute atomic E-state index is 0.179. The van der Waals surface area contributed by atoms with Crippen LogP contribution in [0.15, 0.2) is 0 Å². The molecule has 3 heteroatoms. The summed E-state index contributed by atoms with van der Waals surface area (Å²) < 4.78 is 0. The van der Waals surface area contributed by atoms with Gasteiger partial charge in [0.1, 0.15) is 0 Å². The summed E-state index contributed by atoms with van der Waals surface area (Å²) in [5.74, 6) is 1.90. The van der Waals surface area contributed by atoms with Crippen LogP contribution in [0.2, 0.25) is 0 Å². The normalized spacial score (nSPS) is 35.9. The van der Waals surface area contributed by atoms with Crippen molar-refractivity contribution in [3.63, 3.8) is 0 Å². The van der Waals surface area contributed by atoms with E-state index in [2.05, 4.69) is 25.7 Å². The van der Waals surface area contributed by atoms with Gasteiger partial charge in [-0.25, -0.2) is 0 Å². The second kappa shape index (κ2) is 11.0. The molecule has 0 aromatic carbocycles. The van der Waals surface area contributed by atoms with E-state index in [0.717, 1.165) is 37.8 Å². The van der Waals surface area contributed by atoms with Gasteiger partial charge in [0.25, 0.3) is 0 Å². The first-order valence-electron chi connectivity index (χ1n) is 11.6. The second-order valence-corrected chi connectivity index (χ2v) is 9.43. The first-order chi connectivity index (χ1) is 12.5. The molecule has 2 rings (SSSR count). The largest absolute Gasteiger partial charge is 0.395 e. The molecule has 154 valence electrons. The van der Waals surface area contributed by atoms with Crippen molar-refractivity contribution < 1.29 is 10.2 Å². The fraction of sp³-hybridized carbons (Fsp3) is 1.00. The molecule has 0 aromatic heterocycles. The van der Waals surface area contributed by atoms with E-state index < -0.39 is 0 Å². The van der Waals surface area contributed by atoms with Crippen molar-refractivity contribution in [2.45, 2.75) is 110 Å². The highest BCUT2D eigenvalue weighted by molar-refractivity contribution is 4.93. The molecule has 0 amide bonds. The van der Waals surface area contributed by atoms with Crippen molar-refractivity contribution in [1.82, 2.24) is 4.90 Å². The van der Waals surface area contributed by atoms with Crippen molar-refractivity contribution >= 4 is 0 Å². The van der Waals surface area contributed by atoms with E-state index in [1.54, 1.807) is 0 Å². The molecule has 2 N–H and O–H groups in total. The van der Waals surface area contributed by atoms with Crippen LogP contribution in [-0.4, -0.2) is 47.0 Å². The lowest BCUT2D eigenvalue weighted by molar-refractivity contribution is 0.0163. The van der Waals surface area contributed by atoms with E-state index in [1.165, 1.54) is 64.2 Å². The van der Waals surface area contributed by atoms with Crippen LogP contribution in [0.5, 0.6) is 0 Å². The zero-order valence-corrected chi connectivity index (χ0v) is 17.8. The fourth-order valence-corrected chi connectivity index (χ4v) is 6.08. The summed E-state index contributed by atoms with van der Waals surface area (Å²) in [4.78, 5) is 2.39. The van der Waals surface area contributed by atoms with Crippen molar-refractivity contribution in [2.75, 3.05) is 19.7 Å². The summed E-state index contributed by atoms with van der Waals surface area (Å²) in [5, 5.41) is 19.3. The van der Waals surface area contributed by atoms with Crippen molar-refractivity contribution in [3.05, 3.63) is 0 Å². The van der Waals surface area contributed by atoms with Crippen LogP contribution in [0.1, 0.15) is 97.8 Å². The minimum Gasteiger partial charge on any atom is -0.395 e. The van der Waals surface area contributed by atoms with Crippen LogP contribution in [0.25, 0.3) is 0 Å². The van der Waals surface area contributed by atoms with Crippen LogP contribution in [0, 0.1) is 17.3 Å². The molecule has 1 heterocycles. The number of aliphatic hydroxyl groups excluding tert-OH is 2. The van der Waals surface area contributed by atoms with Crippen LogP contribution < -0.4 is 0 Å². The summed E-state index contributed by atoms with van der Waals surface area (Å²) in [7, 11) is 0. The summed E-state index contributed by atoms with van der Waals surface area (Å²) in [6.45, 7) is 9.50. The molecule has 1 saturated carbocycles. The maximum Gasteiger partial charge on any atom is 0.0587 e. The van der Waals surface area contributed by atoms with E-state index in [1.807, 2.05) is 0 Å². The number of hydrogen-bond acceptors (Lipinski definition) is 3. The molecule has 1 aliphatic heterocycles. The zero-order chi connectivity index (χ0) is 19.0. The van der Waals surface area contributed by atoms with Gasteiger partial charge in [0.15, 0.2) is 0 Å². The highest BCUT2D eigenvalue weighted by atomic mass is 16.3. The molecule has 1 aliphatic carbocycles. The highest BCUT2D eigenvalue weighted by Gasteiger charge is 2.42. The molecule has 0 spiro atoms. The monoisotopic (exact) mass is 367 g/mol. The lowest BCUT2D eigenvalue weighted by Crippen LogP contribution is -2.46. The third kappa shape index (κ3) is 5.94. The minimum atomic E-state index is -0.209. The molecular weight excluding hydrogens is 322 g/mol. The number of nitrogens with zero attached hydrogens (tertiary/aromatic N) is 1. The van der Waals surface area contributed by atoms with Crippen LogP contribution in [0.3, 0.4) is 0 Å². The Morgan fingerprint density at radius 1 is 1.04 bits per heavy atom. The SMILES string of the molecule is CCC1CC(C)CC1(CC)CCCCCCCN1CCC(O)CC1CO. The Hall–Kier alpha value is -0.120. The summed E-state index contributed by atoms with van der Waals surface area (Å²) in [5.41, 5.74) is 0.650. The predicted octanol–water partition coefficient (Wildman–Crippen LogP) is 5.00. The molecule has 2 fully saturated rings. The van der Waals surface area contributed by atoms with Gasteiger partial charge in [-0.2, -0.15) is 0 Å². The average Bonchev–Trinajstić information content (AvgIpc) is 2.97. The molecule has 3 nitrogen and oxygen atoms in total. The van der Waals surface area contributed by atoms with Crippen molar-refractivity contribution in [1.29, 1.82) is 0 Å². The van der Waals surface area contributed by atoms with E-state index in [0.29, 0.717) is 5.41 Å². The molecule has 1 saturated heterocycles. The molecule has 0 bridgehead atoms. The van der Waals surface area contributed by atoms with Crippen LogP contribution in [0.4, 0.5) is 0 Å². The molecular formula is C23H45NO2. The van der Waals surface area contributed by atoms with Crippen LogP contribution >= 0.6 is 0 Å². The van der Waals surface area contributed by atoms with Gasteiger partial charge in [0, 0.05) is 12.6 Å². The third-order valence-corrected chi connectivity index (χ3v) is 7.65. The van der Waals surface area contributed by atoms with Gasteiger partial charge in [-0.05, 0) is 62.3 Å². The Bertz CT molecular complexity index is 388. The third-order valence-electron chi connectivity index (χ3n) is 7.65. The smallest absolute Gasteiger partial charge is 0.0587 e. The second-order valence-electron chi connectivity index (χ2n) is 9.43. The van der Waals surface area contributed by atoms with Crippen LogP contribution in [-0.2, 0) is 0 Å². The standard InChI is InChI=1S/C23H45NO2/c1-4-20-15-19(3)17-23(20,5-2)12-9-7-6-8-10-13-24-14-11-22(26)16-21(24)18-25/h19-22,25-26H,4-18H2,1-3H3. The van der Waals surface area contributed by atoms with Gasteiger partial charge >= 0.3 is 0 Å². The quantitative estimate of drug-likeness (QED) is 0.505. The number of aliphatic hydroxyl groups is 2. The van der Waals surface area contributed by atoms with E-state index in [-0.39, 0.29) is 18.8 Å². The van der Waals surface area contributed by atoms with Gasteiger partial charge in [-0.15, -0.1) is 0 Å². The van der Waals surface area contributed by atoms with Crippen molar-refractivity contribution in [3.8, 4) is 0 Å². The summed E-state index contributed by atoms with van der Waals surface area (Å²) in [6, 6.07) is 0.179. The molecule has 26 heavy (non-hydrogen) atoms. The zero-order valence-electron chi connectivity index (χ0n) is 17.8. The number of likely N-dealkylation sites (tertiary alicyclic amines) is 1.